The number of hydrogen-bond donors (Lipinski definition) is 0. The Morgan fingerprint density at radius 3 is 2.00 bits per heavy atom. The maximum absolute atomic E-state index is 5.36. The lowest BCUT2D eigenvalue weighted by Crippen LogP contribution is -2.16. The lowest BCUT2D eigenvalue weighted by Gasteiger charge is -2.14. The van der Waals surface area contributed by atoms with Crippen molar-refractivity contribution in [2.75, 3.05) is 13.2 Å². The normalized spacial score (nSPS) is 11.7. The van der Waals surface area contributed by atoms with Crippen molar-refractivity contribution in [3.8, 4) is 0 Å². The first-order chi connectivity index (χ1) is 5.85. The summed E-state index contributed by atoms with van der Waals surface area (Å²) in [5, 5.41) is 0. The Hall–Kier alpha value is -0.340. The smallest absolute Gasteiger partial charge is 0.160 e. The summed E-state index contributed by atoms with van der Waals surface area (Å²) in [4.78, 5) is 0. The minimum absolute atomic E-state index is 0.0530. The van der Waals surface area contributed by atoms with Gasteiger partial charge in [-0.15, -0.1) is 0 Å². The Morgan fingerprint density at radius 2 is 1.58 bits per heavy atom. The van der Waals surface area contributed by atoms with Crippen molar-refractivity contribution in [1.29, 1.82) is 0 Å². The summed E-state index contributed by atoms with van der Waals surface area (Å²) in [6, 6.07) is 0. The zero-order valence-corrected chi connectivity index (χ0v) is 8.38. The molecule has 12 heavy (non-hydrogen) atoms. The van der Waals surface area contributed by atoms with Crippen LogP contribution in [0.1, 0.15) is 33.6 Å². The van der Waals surface area contributed by atoms with Gasteiger partial charge in [0.25, 0.3) is 0 Å². The van der Waals surface area contributed by atoms with E-state index in [1.807, 2.05) is 13.8 Å². The van der Waals surface area contributed by atoms with E-state index in [4.69, 9.17) is 9.47 Å². The van der Waals surface area contributed by atoms with Crippen LogP contribution in [0, 0.1) is 0 Å². The molecule has 0 radical (unpaired) electrons. The van der Waals surface area contributed by atoms with Crippen LogP contribution in [-0.2, 0) is 9.47 Å². The molecule has 0 aliphatic heterocycles. The predicted molar refractivity (Wildman–Crippen MR) is 51.1 cm³/mol. The molecule has 0 rings (SSSR count). The fourth-order valence-electron chi connectivity index (χ4n) is 0.930. The molecule has 0 aromatic rings. The van der Waals surface area contributed by atoms with E-state index in [0.717, 1.165) is 12.8 Å². The summed E-state index contributed by atoms with van der Waals surface area (Å²) < 4.78 is 10.7. The van der Waals surface area contributed by atoms with Gasteiger partial charge in [0, 0.05) is 19.6 Å². The highest BCUT2D eigenvalue weighted by molar-refractivity contribution is 4.81. The van der Waals surface area contributed by atoms with Gasteiger partial charge in [-0.1, -0.05) is 19.1 Å². The van der Waals surface area contributed by atoms with Crippen molar-refractivity contribution in [2.45, 2.75) is 39.9 Å². The van der Waals surface area contributed by atoms with E-state index in [0.29, 0.717) is 13.2 Å². The maximum atomic E-state index is 5.36. The molecule has 0 spiro atoms. The average Bonchev–Trinajstić information content (AvgIpc) is 2.06. The molecular formula is C10H20O2. The van der Waals surface area contributed by atoms with E-state index in [9.17, 15) is 0 Å². The van der Waals surface area contributed by atoms with Gasteiger partial charge in [-0.2, -0.15) is 0 Å². The summed E-state index contributed by atoms with van der Waals surface area (Å²) in [7, 11) is 0. The molecule has 0 saturated heterocycles. The predicted octanol–water partition coefficient (Wildman–Crippen LogP) is 2.74. The van der Waals surface area contributed by atoms with E-state index < -0.39 is 0 Å². The van der Waals surface area contributed by atoms with Crippen molar-refractivity contribution in [3.63, 3.8) is 0 Å². The molecule has 72 valence electrons. The minimum Gasteiger partial charge on any atom is -0.353 e. The third-order valence-corrected chi connectivity index (χ3v) is 1.44. The van der Waals surface area contributed by atoms with E-state index in [2.05, 4.69) is 19.1 Å². The van der Waals surface area contributed by atoms with Gasteiger partial charge in [0.1, 0.15) is 0 Å². The Labute approximate surface area is 75.6 Å². The molecule has 0 fully saturated rings. The molecule has 2 heteroatoms. The fraction of sp³-hybridized carbons (Fsp3) is 0.800. The van der Waals surface area contributed by atoms with Crippen LogP contribution in [0.4, 0.5) is 0 Å². The standard InChI is InChI=1S/C10H20O2/c1-4-7-8-9-10(11-5-2)12-6-3/h7-8,10H,4-6,9H2,1-3H3/b8-7-. The molecule has 2 nitrogen and oxygen atoms in total. The van der Waals surface area contributed by atoms with E-state index in [1.165, 1.54) is 0 Å². The highest BCUT2D eigenvalue weighted by Crippen LogP contribution is 2.02. The largest absolute Gasteiger partial charge is 0.353 e. The monoisotopic (exact) mass is 172 g/mol. The second-order valence-corrected chi connectivity index (χ2v) is 2.46. The van der Waals surface area contributed by atoms with Crippen molar-refractivity contribution < 1.29 is 9.47 Å². The Morgan fingerprint density at radius 1 is 1.00 bits per heavy atom. The molecule has 0 heterocycles. The summed E-state index contributed by atoms with van der Waals surface area (Å²) in [5.41, 5.74) is 0. The summed E-state index contributed by atoms with van der Waals surface area (Å²) in [5.74, 6) is 0. The number of ether oxygens (including phenoxy) is 2. The SMILES string of the molecule is CC/C=C\CC(OCC)OCC. The number of rotatable bonds is 7. The molecule has 0 amide bonds. The first kappa shape index (κ1) is 11.7. The third-order valence-electron chi connectivity index (χ3n) is 1.44. The van der Waals surface area contributed by atoms with Crippen LogP contribution >= 0.6 is 0 Å². The van der Waals surface area contributed by atoms with Crippen LogP contribution in [0.3, 0.4) is 0 Å². The van der Waals surface area contributed by atoms with Gasteiger partial charge < -0.3 is 9.47 Å². The van der Waals surface area contributed by atoms with Crippen molar-refractivity contribution in [1.82, 2.24) is 0 Å². The second kappa shape index (κ2) is 8.75. The average molecular weight is 172 g/mol. The third kappa shape index (κ3) is 6.38. The van der Waals surface area contributed by atoms with Gasteiger partial charge in [-0.05, 0) is 20.3 Å². The van der Waals surface area contributed by atoms with Gasteiger partial charge in [0.15, 0.2) is 6.29 Å². The van der Waals surface area contributed by atoms with Gasteiger partial charge in [-0.25, -0.2) is 0 Å². The molecule has 0 aliphatic carbocycles. The molecule has 0 N–H and O–H groups in total. The summed E-state index contributed by atoms with van der Waals surface area (Å²) in [6.45, 7) is 7.51. The first-order valence-electron chi connectivity index (χ1n) is 4.73. The quantitative estimate of drug-likeness (QED) is 0.434. The van der Waals surface area contributed by atoms with Crippen LogP contribution < -0.4 is 0 Å². The summed E-state index contributed by atoms with van der Waals surface area (Å²) >= 11 is 0. The number of hydrogen-bond acceptors (Lipinski definition) is 2. The highest BCUT2D eigenvalue weighted by Gasteiger charge is 2.03. The molecule has 0 saturated carbocycles. The Kier molecular flexibility index (Phi) is 8.51. The molecule has 0 aromatic carbocycles. The van der Waals surface area contributed by atoms with Gasteiger partial charge in [0.2, 0.25) is 0 Å². The molecule has 0 unspecified atom stereocenters. The Balaban J connectivity index is 3.54. The summed E-state index contributed by atoms with van der Waals surface area (Å²) in [6.07, 6.45) is 6.12. The van der Waals surface area contributed by atoms with Crippen LogP contribution in [0.2, 0.25) is 0 Å². The molecule has 0 atom stereocenters. The lowest BCUT2D eigenvalue weighted by molar-refractivity contribution is -0.133. The van der Waals surface area contributed by atoms with Crippen LogP contribution in [-0.4, -0.2) is 19.5 Å². The van der Waals surface area contributed by atoms with E-state index in [1.54, 1.807) is 0 Å². The maximum Gasteiger partial charge on any atom is 0.160 e. The fourth-order valence-corrected chi connectivity index (χ4v) is 0.930. The van der Waals surface area contributed by atoms with Crippen molar-refractivity contribution >= 4 is 0 Å². The van der Waals surface area contributed by atoms with E-state index in [-0.39, 0.29) is 6.29 Å². The lowest BCUT2D eigenvalue weighted by atomic mass is 10.3. The topological polar surface area (TPSA) is 18.5 Å². The highest BCUT2D eigenvalue weighted by atomic mass is 16.7. The van der Waals surface area contributed by atoms with Gasteiger partial charge in [-0.3, -0.25) is 0 Å². The van der Waals surface area contributed by atoms with E-state index >= 15 is 0 Å². The molecule has 0 aliphatic rings. The zero-order chi connectivity index (χ0) is 9.23. The minimum atomic E-state index is -0.0530. The molecular weight excluding hydrogens is 152 g/mol. The molecule has 0 bridgehead atoms. The zero-order valence-electron chi connectivity index (χ0n) is 8.38. The van der Waals surface area contributed by atoms with Crippen molar-refractivity contribution in [2.24, 2.45) is 0 Å². The second-order valence-electron chi connectivity index (χ2n) is 2.46. The molecule has 0 aromatic heterocycles. The Bertz CT molecular complexity index is 104. The van der Waals surface area contributed by atoms with Gasteiger partial charge in [0.05, 0.1) is 0 Å². The van der Waals surface area contributed by atoms with Crippen LogP contribution in [0.5, 0.6) is 0 Å². The van der Waals surface area contributed by atoms with Crippen LogP contribution in [0.25, 0.3) is 0 Å². The first-order valence-corrected chi connectivity index (χ1v) is 4.73. The van der Waals surface area contributed by atoms with Gasteiger partial charge >= 0.3 is 0 Å². The number of allylic oxidation sites excluding steroid dienone is 1. The van der Waals surface area contributed by atoms with Crippen molar-refractivity contribution in [3.05, 3.63) is 12.2 Å². The van der Waals surface area contributed by atoms with Crippen LogP contribution in [0.15, 0.2) is 12.2 Å².